The lowest BCUT2D eigenvalue weighted by molar-refractivity contribution is -0.149. The maximum absolute atomic E-state index is 11.0. The molecule has 1 N–H and O–H groups in total. The van der Waals surface area contributed by atoms with E-state index in [1.165, 1.54) is 6.26 Å². The van der Waals surface area contributed by atoms with Crippen LogP contribution < -0.4 is 0 Å². The third-order valence-electron chi connectivity index (χ3n) is 2.60. The molecule has 0 saturated carbocycles. The minimum absolute atomic E-state index is 0.00694. The van der Waals surface area contributed by atoms with E-state index in [9.17, 15) is 9.59 Å². The molecule has 0 fully saturated rings. The molecule has 2 rings (SSSR count). The summed E-state index contributed by atoms with van der Waals surface area (Å²) in [4.78, 5) is 20.9. The molecule has 0 amide bonds. The number of rotatable bonds is 5. The van der Waals surface area contributed by atoms with Crippen molar-refractivity contribution in [3.8, 4) is 0 Å². The summed E-state index contributed by atoms with van der Waals surface area (Å²) in [5.74, 6) is 0.974. The van der Waals surface area contributed by atoms with E-state index in [1.807, 2.05) is 0 Å². The van der Waals surface area contributed by atoms with Gasteiger partial charge in [0.05, 0.1) is 18.4 Å². The van der Waals surface area contributed by atoms with Gasteiger partial charge in [-0.2, -0.15) is 0 Å². The molecule has 25 heavy (non-hydrogen) atoms. The van der Waals surface area contributed by atoms with Gasteiger partial charge in [-0.05, 0) is 35.9 Å². The van der Waals surface area contributed by atoms with E-state index < -0.39 is 0 Å². The van der Waals surface area contributed by atoms with Gasteiger partial charge in [-0.1, -0.05) is 27.7 Å². The molecule has 0 aliphatic rings. The highest BCUT2D eigenvalue weighted by Crippen LogP contribution is 2.04. The third kappa shape index (κ3) is 12.0. The van der Waals surface area contributed by atoms with E-state index in [2.05, 4.69) is 0 Å². The predicted molar refractivity (Wildman–Crippen MR) is 93.7 cm³/mol. The van der Waals surface area contributed by atoms with E-state index in [0.717, 1.165) is 0 Å². The monoisotopic (exact) mass is 372 g/mol. The van der Waals surface area contributed by atoms with E-state index >= 15 is 0 Å². The average molecular weight is 373 g/mol. The molecule has 2 aromatic rings. The van der Waals surface area contributed by atoms with Crippen LogP contribution in [-0.2, 0) is 27.5 Å². The number of esters is 1. The lowest BCUT2D eigenvalue weighted by Gasteiger charge is -2.04. The second kappa shape index (κ2) is 13.3. The first-order chi connectivity index (χ1) is 11.8. The molecule has 0 unspecified atom stereocenters. The fourth-order valence-electron chi connectivity index (χ4n) is 1.11. The van der Waals surface area contributed by atoms with Crippen LogP contribution in [0.5, 0.6) is 0 Å². The minimum Gasteiger partial charge on any atom is -0.467 e. The van der Waals surface area contributed by atoms with Crippen LogP contribution in [0.25, 0.3) is 0 Å². The van der Waals surface area contributed by atoms with Crippen molar-refractivity contribution in [3.63, 3.8) is 0 Å². The van der Waals surface area contributed by atoms with Gasteiger partial charge in [-0.15, -0.1) is 0 Å². The average Bonchev–Trinajstić information content (AvgIpc) is 3.26. The molecular formula is C18H25ClO6. The molecule has 0 aliphatic carbocycles. The Morgan fingerprint density at radius 1 is 1.04 bits per heavy atom. The Balaban J connectivity index is 0.000000378. The molecule has 0 radical (unpaired) electrons. The first-order valence-electron chi connectivity index (χ1n) is 7.79. The van der Waals surface area contributed by atoms with Crippen LogP contribution >= 0.6 is 11.6 Å². The lowest BCUT2D eigenvalue weighted by Crippen LogP contribution is -2.10. The lowest BCUT2D eigenvalue weighted by atomic mass is 10.2. The van der Waals surface area contributed by atoms with E-state index in [1.54, 1.807) is 58.2 Å². The molecule has 140 valence electrons. The van der Waals surface area contributed by atoms with Gasteiger partial charge in [0.25, 0.3) is 0 Å². The highest BCUT2D eigenvalue weighted by atomic mass is 35.5. The zero-order chi connectivity index (χ0) is 19.2. The number of halogens is 1. The second-order valence-corrected chi connectivity index (χ2v) is 5.91. The summed E-state index contributed by atoms with van der Waals surface area (Å²) in [6, 6.07) is 7.00. The Hall–Kier alpha value is -2.05. The number of furan rings is 2. The SMILES string of the molecule is CC(C)C(=O)Cl.CC(C)C(=O)OCc1ccco1.OCc1ccco1. The fourth-order valence-corrected chi connectivity index (χ4v) is 1.11. The topological polar surface area (TPSA) is 89.9 Å². The first-order valence-corrected chi connectivity index (χ1v) is 8.17. The molecule has 0 atom stereocenters. The third-order valence-corrected chi connectivity index (χ3v) is 3.03. The maximum Gasteiger partial charge on any atom is 0.308 e. The molecule has 2 aromatic heterocycles. The van der Waals surface area contributed by atoms with Crippen molar-refractivity contribution in [2.24, 2.45) is 11.8 Å². The molecule has 6 nitrogen and oxygen atoms in total. The summed E-state index contributed by atoms with van der Waals surface area (Å²) in [7, 11) is 0. The Kier molecular flexibility index (Phi) is 12.2. The molecule has 0 aliphatic heterocycles. The van der Waals surface area contributed by atoms with Crippen LogP contribution in [0.4, 0.5) is 0 Å². The summed E-state index contributed by atoms with van der Waals surface area (Å²) in [5, 5.41) is 8.06. The van der Waals surface area contributed by atoms with Gasteiger partial charge >= 0.3 is 5.97 Å². The van der Waals surface area contributed by atoms with Gasteiger partial charge in [0.2, 0.25) is 5.24 Å². The zero-order valence-corrected chi connectivity index (χ0v) is 15.7. The summed E-state index contributed by atoms with van der Waals surface area (Å²) >= 11 is 4.97. The number of hydrogen-bond acceptors (Lipinski definition) is 6. The highest BCUT2D eigenvalue weighted by molar-refractivity contribution is 6.63. The molecular weight excluding hydrogens is 348 g/mol. The molecule has 0 aromatic carbocycles. The quantitative estimate of drug-likeness (QED) is 0.626. The van der Waals surface area contributed by atoms with Crippen LogP contribution in [-0.4, -0.2) is 16.3 Å². The summed E-state index contributed by atoms with van der Waals surface area (Å²) in [5.41, 5.74) is 0. The number of ether oxygens (including phenoxy) is 1. The molecule has 0 bridgehead atoms. The fraction of sp³-hybridized carbons (Fsp3) is 0.444. The molecule has 0 saturated heterocycles. The zero-order valence-electron chi connectivity index (χ0n) is 14.9. The van der Waals surface area contributed by atoms with E-state index in [0.29, 0.717) is 11.5 Å². The van der Waals surface area contributed by atoms with Crippen LogP contribution in [0.3, 0.4) is 0 Å². The Bertz CT molecular complexity index is 573. The van der Waals surface area contributed by atoms with Gasteiger partial charge in [0.1, 0.15) is 24.7 Å². The minimum atomic E-state index is -0.269. The Morgan fingerprint density at radius 3 is 1.80 bits per heavy atom. The van der Waals surface area contributed by atoms with Crippen molar-refractivity contribution in [1.29, 1.82) is 0 Å². The van der Waals surface area contributed by atoms with Crippen LogP contribution in [0, 0.1) is 11.8 Å². The second-order valence-electron chi connectivity index (χ2n) is 5.54. The number of aliphatic hydroxyl groups is 1. The number of carbonyl (C=O) groups is 2. The molecule has 0 spiro atoms. The smallest absolute Gasteiger partial charge is 0.308 e. The Labute approximate surface area is 152 Å². The predicted octanol–water partition coefficient (Wildman–Crippen LogP) is 4.16. The number of hydrogen-bond donors (Lipinski definition) is 1. The number of carbonyl (C=O) groups excluding carboxylic acids is 2. The summed E-state index contributed by atoms with van der Waals surface area (Å²) in [6.07, 6.45) is 3.09. The Morgan fingerprint density at radius 2 is 1.52 bits per heavy atom. The number of aliphatic hydroxyl groups excluding tert-OH is 1. The van der Waals surface area contributed by atoms with Gasteiger partial charge in [0, 0.05) is 5.92 Å². The molecule has 7 heteroatoms. The van der Waals surface area contributed by atoms with Gasteiger partial charge < -0.3 is 18.7 Å². The normalized spacial score (nSPS) is 9.76. The molecule has 2 heterocycles. The van der Waals surface area contributed by atoms with Crippen molar-refractivity contribution < 1.29 is 28.3 Å². The highest BCUT2D eigenvalue weighted by Gasteiger charge is 2.08. The van der Waals surface area contributed by atoms with Crippen molar-refractivity contribution in [2.45, 2.75) is 40.9 Å². The van der Waals surface area contributed by atoms with Crippen LogP contribution in [0.1, 0.15) is 39.2 Å². The summed E-state index contributed by atoms with van der Waals surface area (Å²) < 4.78 is 14.6. The van der Waals surface area contributed by atoms with Crippen LogP contribution in [0.2, 0.25) is 0 Å². The van der Waals surface area contributed by atoms with E-state index in [4.69, 9.17) is 30.3 Å². The van der Waals surface area contributed by atoms with Crippen molar-refractivity contribution in [1.82, 2.24) is 0 Å². The van der Waals surface area contributed by atoms with E-state index in [-0.39, 0.29) is 36.3 Å². The van der Waals surface area contributed by atoms with Crippen molar-refractivity contribution in [2.75, 3.05) is 0 Å². The standard InChI is InChI=1S/C9H12O3.C5H6O2.C4H7ClO/c1-7(2)9(10)12-6-8-4-3-5-11-8;6-4-5-2-1-3-7-5;1-3(2)4(5)6/h3-5,7H,6H2,1-2H3;1-3,6H,4H2;3H,1-2H3. The first kappa shape index (κ1) is 22.9. The van der Waals surface area contributed by atoms with Crippen molar-refractivity contribution >= 4 is 22.8 Å². The largest absolute Gasteiger partial charge is 0.467 e. The van der Waals surface area contributed by atoms with Crippen LogP contribution in [0.15, 0.2) is 45.6 Å². The van der Waals surface area contributed by atoms with Gasteiger partial charge in [-0.25, -0.2) is 0 Å². The van der Waals surface area contributed by atoms with Crippen molar-refractivity contribution in [3.05, 3.63) is 48.3 Å². The van der Waals surface area contributed by atoms with Gasteiger partial charge in [-0.3, -0.25) is 9.59 Å². The van der Waals surface area contributed by atoms with Gasteiger partial charge in [0.15, 0.2) is 0 Å². The maximum atomic E-state index is 11.0. The summed E-state index contributed by atoms with van der Waals surface area (Å²) in [6.45, 7) is 7.33.